The number of benzene rings is 7. The lowest BCUT2D eigenvalue weighted by molar-refractivity contribution is 0.703. The largest absolute Gasteiger partial charge is 0.255 e. The standard InChI is InChI=1S/C62H41N5S/c1-5-17-43(18-6-1)55-41-56(67-61(66-55)45-19-7-2-8-20-45)44-29-27-42(28-30-44)46-31-33-51-59(39-46)68-60-40-47(32-34-52(60)62(51,49-21-9-3-10-22-49)50-23-11-4-12-24-50)48-37-57(53-25-13-15-35-63-53)65-58(38-48)54-26-14-16-36-64-54/h1-41H. The minimum Gasteiger partial charge on any atom is -0.255 e. The minimum absolute atomic E-state index is 0.588. The van der Waals surface area contributed by atoms with Gasteiger partial charge in [-0.05, 0) is 99.1 Å². The highest BCUT2D eigenvalue weighted by molar-refractivity contribution is 7.99. The Morgan fingerprint density at radius 3 is 1.21 bits per heavy atom. The summed E-state index contributed by atoms with van der Waals surface area (Å²) >= 11 is 1.83. The first-order valence-electron chi connectivity index (χ1n) is 22.7. The minimum atomic E-state index is -0.588. The van der Waals surface area contributed by atoms with Crippen molar-refractivity contribution in [3.05, 3.63) is 271 Å². The van der Waals surface area contributed by atoms with Crippen LogP contribution in [-0.2, 0) is 5.41 Å². The van der Waals surface area contributed by atoms with Crippen LogP contribution in [0.3, 0.4) is 0 Å². The summed E-state index contributed by atoms with van der Waals surface area (Å²) < 4.78 is 0. The second-order valence-electron chi connectivity index (χ2n) is 16.8. The van der Waals surface area contributed by atoms with Gasteiger partial charge in [0, 0.05) is 38.9 Å². The van der Waals surface area contributed by atoms with Crippen molar-refractivity contribution in [2.75, 3.05) is 0 Å². The molecule has 11 aromatic rings. The molecule has 0 spiro atoms. The fourth-order valence-electron chi connectivity index (χ4n) is 9.51. The SMILES string of the molecule is c1ccc(-c2cc(-c3ccc(-c4ccc5c(c4)Sc4cc(-c6cc(-c7ccccn7)nc(-c7ccccn7)c6)ccc4C5(c4ccccc4)c4ccccc4)cc3)nc(-c3ccccc3)n2)cc1. The number of hydrogen-bond acceptors (Lipinski definition) is 6. The van der Waals surface area contributed by atoms with Crippen LogP contribution in [0.4, 0.5) is 0 Å². The second kappa shape index (κ2) is 17.7. The van der Waals surface area contributed by atoms with Gasteiger partial charge in [0.1, 0.15) is 0 Å². The molecule has 6 heteroatoms. The highest BCUT2D eigenvalue weighted by Gasteiger charge is 2.44. The van der Waals surface area contributed by atoms with E-state index in [9.17, 15) is 0 Å². The molecule has 0 aliphatic carbocycles. The van der Waals surface area contributed by atoms with E-state index >= 15 is 0 Å². The normalized spacial score (nSPS) is 12.5. The summed E-state index contributed by atoms with van der Waals surface area (Å²) in [5, 5.41) is 0. The Balaban J connectivity index is 0.987. The molecule has 0 saturated heterocycles. The van der Waals surface area contributed by atoms with Gasteiger partial charge in [0.15, 0.2) is 5.82 Å². The van der Waals surface area contributed by atoms with Gasteiger partial charge in [-0.25, -0.2) is 15.0 Å². The van der Waals surface area contributed by atoms with Crippen molar-refractivity contribution in [2.45, 2.75) is 15.2 Å². The van der Waals surface area contributed by atoms with E-state index in [2.05, 4.69) is 164 Å². The summed E-state index contributed by atoms with van der Waals surface area (Å²) in [7, 11) is 0. The number of aromatic nitrogens is 5. The van der Waals surface area contributed by atoms with Crippen molar-refractivity contribution < 1.29 is 0 Å². The van der Waals surface area contributed by atoms with Gasteiger partial charge in [-0.1, -0.05) is 194 Å². The fourth-order valence-corrected chi connectivity index (χ4v) is 10.8. The Labute approximate surface area is 400 Å². The van der Waals surface area contributed by atoms with Crippen molar-refractivity contribution in [1.82, 2.24) is 24.9 Å². The summed E-state index contributed by atoms with van der Waals surface area (Å²) in [4.78, 5) is 27.0. The van der Waals surface area contributed by atoms with Crippen molar-refractivity contribution >= 4 is 11.8 Å². The maximum atomic E-state index is 5.10. The van der Waals surface area contributed by atoms with E-state index in [1.54, 1.807) is 0 Å². The quantitative estimate of drug-likeness (QED) is 0.144. The first-order chi connectivity index (χ1) is 33.7. The predicted molar refractivity (Wildman–Crippen MR) is 276 cm³/mol. The number of hydrogen-bond donors (Lipinski definition) is 0. The summed E-state index contributed by atoms with van der Waals surface area (Å²) in [5.74, 6) is 0.702. The van der Waals surface area contributed by atoms with Crippen molar-refractivity contribution in [3.8, 4) is 78.9 Å². The molecule has 68 heavy (non-hydrogen) atoms. The van der Waals surface area contributed by atoms with Crippen LogP contribution in [-0.4, -0.2) is 24.9 Å². The van der Waals surface area contributed by atoms with E-state index in [1.165, 1.54) is 32.0 Å². The van der Waals surface area contributed by atoms with Gasteiger partial charge < -0.3 is 0 Å². The van der Waals surface area contributed by atoms with Crippen LogP contribution in [0.5, 0.6) is 0 Å². The average Bonchev–Trinajstić information content (AvgIpc) is 3.43. The monoisotopic (exact) mass is 887 g/mol. The zero-order chi connectivity index (χ0) is 45.3. The molecule has 0 bridgehead atoms. The molecule has 0 atom stereocenters. The summed E-state index contributed by atoms with van der Waals surface area (Å²) in [6, 6.07) is 83.5. The molecule has 320 valence electrons. The third-order valence-corrected chi connectivity index (χ3v) is 13.9. The van der Waals surface area contributed by atoms with Gasteiger partial charge in [-0.2, -0.15) is 0 Å². The molecule has 1 aliphatic heterocycles. The third-order valence-electron chi connectivity index (χ3n) is 12.8. The summed E-state index contributed by atoms with van der Waals surface area (Å²) in [6.07, 6.45) is 3.63. The topological polar surface area (TPSA) is 64.5 Å². The molecule has 5 nitrogen and oxygen atoms in total. The van der Waals surface area contributed by atoms with Crippen LogP contribution in [0, 0.1) is 0 Å². The Bertz CT molecular complexity index is 3400. The molecular formula is C62H41N5S. The van der Waals surface area contributed by atoms with Crippen LogP contribution in [0.1, 0.15) is 22.3 Å². The average molecular weight is 888 g/mol. The van der Waals surface area contributed by atoms with Crippen molar-refractivity contribution in [3.63, 3.8) is 0 Å². The Morgan fingerprint density at radius 2 is 0.706 bits per heavy atom. The highest BCUT2D eigenvalue weighted by atomic mass is 32.2. The van der Waals surface area contributed by atoms with Crippen LogP contribution < -0.4 is 0 Å². The maximum Gasteiger partial charge on any atom is 0.160 e. The van der Waals surface area contributed by atoms with Gasteiger partial charge >= 0.3 is 0 Å². The van der Waals surface area contributed by atoms with E-state index in [0.29, 0.717) is 5.82 Å². The maximum absolute atomic E-state index is 5.10. The molecular weight excluding hydrogens is 847 g/mol. The van der Waals surface area contributed by atoms with Gasteiger partial charge in [0.25, 0.3) is 0 Å². The Kier molecular flexibility index (Phi) is 10.6. The molecule has 0 unspecified atom stereocenters. The summed E-state index contributed by atoms with van der Waals surface area (Å²) in [5.41, 5.74) is 16.8. The molecule has 0 amide bonds. The van der Waals surface area contributed by atoms with Crippen molar-refractivity contribution in [1.29, 1.82) is 0 Å². The first-order valence-corrected chi connectivity index (χ1v) is 23.5. The molecule has 12 rings (SSSR count). The van der Waals surface area contributed by atoms with Gasteiger partial charge in [-0.3, -0.25) is 9.97 Å². The summed E-state index contributed by atoms with van der Waals surface area (Å²) in [6.45, 7) is 0. The zero-order valence-corrected chi connectivity index (χ0v) is 37.6. The molecule has 5 heterocycles. The van der Waals surface area contributed by atoms with Crippen LogP contribution in [0.15, 0.2) is 259 Å². The second-order valence-corrected chi connectivity index (χ2v) is 17.9. The van der Waals surface area contributed by atoms with Gasteiger partial charge in [0.2, 0.25) is 0 Å². The van der Waals surface area contributed by atoms with E-state index in [0.717, 1.165) is 73.1 Å². The van der Waals surface area contributed by atoms with Crippen LogP contribution >= 0.6 is 11.8 Å². The van der Waals surface area contributed by atoms with E-state index in [4.69, 9.17) is 24.9 Å². The van der Waals surface area contributed by atoms with Gasteiger partial charge in [-0.15, -0.1) is 0 Å². The lowest BCUT2D eigenvalue weighted by atomic mass is 9.64. The molecule has 1 aliphatic rings. The molecule has 0 fully saturated rings. The van der Waals surface area contributed by atoms with Gasteiger partial charge in [0.05, 0.1) is 39.6 Å². The first kappa shape index (κ1) is 40.9. The Morgan fingerprint density at radius 1 is 0.279 bits per heavy atom. The number of rotatable bonds is 9. The number of pyridine rings is 3. The van der Waals surface area contributed by atoms with E-state index in [-0.39, 0.29) is 0 Å². The number of fused-ring (bicyclic) bond motifs is 2. The Hall–Kier alpha value is -8.58. The molecule has 4 aromatic heterocycles. The molecule has 7 aromatic carbocycles. The molecule has 0 saturated carbocycles. The lowest BCUT2D eigenvalue weighted by Crippen LogP contribution is -2.34. The fraction of sp³-hybridized carbons (Fsp3) is 0.0161. The zero-order valence-electron chi connectivity index (χ0n) is 36.8. The lowest BCUT2D eigenvalue weighted by Gasteiger charge is -2.42. The smallest absolute Gasteiger partial charge is 0.160 e. The van der Waals surface area contributed by atoms with E-state index < -0.39 is 5.41 Å². The highest BCUT2D eigenvalue weighted by Crippen LogP contribution is 2.57. The molecule has 0 N–H and O–H groups in total. The van der Waals surface area contributed by atoms with Crippen LogP contribution in [0.25, 0.3) is 78.9 Å². The third kappa shape index (κ3) is 7.57. The van der Waals surface area contributed by atoms with Crippen LogP contribution in [0.2, 0.25) is 0 Å². The predicted octanol–water partition coefficient (Wildman–Crippen LogP) is 15.2. The number of nitrogens with zero attached hydrogens (tertiary/aromatic N) is 5. The molecule has 0 radical (unpaired) electrons. The van der Waals surface area contributed by atoms with Crippen molar-refractivity contribution in [2.24, 2.45) is 0 Å². The van der Waals surface area contributed by atoms with E-state index in [1.807, 2.05) is 97.0 Å².